The molecule has 0 spiro atoms. The number of hydrogen-bond acceptors (Lipinski definition) is 3. The van der Waals surface area contributed by atoms with Gasteiger partial charge >= 0.3 is 0 Å². The molecule has 3 aromatic carbocycles. The Hall–Kier alpha value is -2.94. The van der Waals surface area contributed by atoms with E-state index in [1.165, 1.54) is 22.6 Å². The first-order chi connectivity index (χ1) is 12.9. The second-order valence-electron chi connectivity index (χ2n) is 6.70. The summed E-state index contributed by atoms with van der Waals surface area (Å²) in [5, 5.41) is 3.54. The Morgan fingerprint density at radius 1 is 0.615 bits per heavy atom. The van der Waals surface area contributed by atoms with Crippen LogP contribution in [0, 0.1) is 0 Å². The van der Waals surface area contributed by atoms with Crippen molar-refractivity contribution < 1.29 is 0 Å². The number of benzene rings is 3. The molecule has 26 heavy (non-hydrogen) atoms. The minimum atomic E-state index is 0.853. The van der Waals surface area contributed by atoms with Crippen molar-refractivity contribution >= 4 is 17.1 Å². The van der Waals surface area contributed by atoms with Crippen LogP contribution in [0.15, 0.2) is 84.9 Å². The largest absolute Gasteiger partial charge is 0.381 e. The number of para-hydroxylation sites is 1. The van der Waals surface area contributed by atoms with Gasteiger partial charge < -0.3 is 15.1 Å². The average Bonchev–Trinajstić information content (AvgIpc) is 2.74. The summed E-state index contributed by atoms with van der Waals surface area (Å²) in [5.74, 6) is 0. The third kappa shape index (κ3) is 3.99. The molecule has 0 amide bonds. The predicted octanol–water partition coefficient (Wildman–Crippen LogP) is 4.63. The zero-order chi connectivity index (χ0) is 17.6. The van der Waals surface area contributed by atoms with Crippen molar-refractivity contribution in [1.82, 2.24) is 0 Å². The molecule has 0 aromatic heterocycles. The molecule has 0 atom stereocenters. The Kier molecular flexibility index (Phi) is 5.06. The Morgan fingerprint density at radius 2 is 1.19 bits per heavy atom. The van der Waals surface area contributed by atoms with E-state index in [1.54, 1.807) is 0 Å². The molecule has 3 nitrogen and oxygen atoms in total. The van der Waals surface area contributed by atoms with Gasteiger partial charge in [0.15, 0.2) is 0 Å². The number of anilines is 3. The maximum absolute atomic E-state index is 3.54. The number of piperazine rings is 1. The van der Waals surface area contributed by atoms with Crippen LogP contribution in [-0.4, -0.2) is 26.2 Å². The molecule has 0 bridgehead atoms. The lowest BCUT2D eigenvalue weighted by molar-refractivity contribution is 0.653. The summed E-state index contributed by atoms with van der Waals surface area (Å²) in [6, 6.07) is 30.0. The molecule has 0 radical (unpaired) electrons. The van der Waals surface area contributed by atoms with Gasteiger partial charge in [0.1, 0.15) is 0 Å². The van der Waals surface area contributed by atoms with E-state index in [2.05, 4.69) is 100 Å². The molecule has 0 aliphatic carbocycles. The van der Waals surface area contributed by atoms with E-state index in [0.29, 0.717) is 0 Å². The van der Waals surface area contributed by atoms with Crippen molar-refractivity contribution in [3.05, 3.63) is 90.5 Å². The third-order valence-electron chi connectivity index (χ3n) is 4.95. The van der Waals surface area contributed by atoms with E-state index in [-0.39, 0.29) is 0 Å². The maximum atomic E-state index is 3.54. The second-order valence-corrected chi connectivity index (χ2v) is 6.70. The van der Waals surface area contributed by atoms with Gasteiger partial charge in [0.05, 0.1) is 0 Å². The van der Waals surface area contributed by atoms with Crippen molar-refractivity contribution in [2.75, 3.05) is 41.3 Å². The Balaban J connectivity index is 1.36. The monoisotopic (exact) mass is 343 g/mol. The number of nitrogens with zero attached hydrogens (tertiary/aromatic N) is 2. The topological polar surface area (TPSA) is 18.5 Å². The quantitative estimate of drug-likeness (QED) is 0.729. The molecular formula is C23H25N3. The normalized spacial score (nSPS) is 14.3. The van der Waals surface area contributed by atoms with Crippen LogP contribution in [0.1, 0.15) is 5.56 Å². The van der Waals surface area contributed by atoms with Crippen molar-refractivity contribution in [1.29, 1.82) is 0 Å². The standard InChI is InChI=1S/C23H25N3/c1-3-8-20(9-4-1)19-24-21-10-7-13-23(18-21)26-16-14-25(15-17-26)22-11-5-2-6-12-22/h1-13,18,24H,14-17,19H2. The number of hydrogen-bond donors (Lipinski definition) is 1. The average molecular weight is 343 g/mol. The fourth-order valence-corrected chi connectivity index (χ4v) is 3.47. The molecule has 4 rings (SSSR count). The van der Waals surface area contributed by atoms with E-state index in [1.807, 2.05) is 0 Å². The first-order valence-corrected chi connectivity index (χ1v) is 9.31. The highest BCUT2D eigenvalue weighted by molar-refractivity contribution is 5.59. The van der Waals surface area contributed by atoms with Gasteiger partial charge in [0, 0.05) is 49.8 Å². The highest BCUT2D eigenvalue weighted by atomic mass is 15.3. The zero-order valence-electron chi connectivity index (χ0n) is 15.0. The summed E-state index contributed by atoms with van der Waals surface area (Å²) in [6.45, 7) is 5.08. The maximum Gasteiger partial charge on any atom is 0.0400 e. The summed E-state index contributed by atoms with van der Waals surface area (Å²) in [7, 11) is 0. The molecule has 1 saturated heterocycles. The van der Waals surface area contributed by atoms with Gasteiger partial charge in [-0.2, -0.15) is 0 Å². The molecule has 1 heterocycles. The van der Waals surface area contributed by atoms with E-state index in [4.69, 9.17) is 0 Å². The molecule has 0 unspecified atom stereocenters. The summed E-state index contributed by atoms with van der Waals surface area (Å²) in [5.41, 5.74) is 5.10. The first kappa shape index (κ1) is 16.5. The fraction of sp³-hybridized carbons (Fsp3) is 0.217. The second kappa shape index (κ2) is 7.96. The lowest BCUT2D eigenvalue weighted by Gasteiger charge is -2.37. The zero-order valence-corrected chi connectivity index (χ0v) is 15.0. The van der Waals surface area contributed by atoms with E-state index < -0.39 is 0 Å². The minimum Gasteiger partial charge on any atom is -0.381 e. The van der Waals surface area contributed by atoms with E-state index in [0.717, 1.165) is 32.7 Å². The van der Waals surface area contributed by atoms with E-state index >= 15 is 0 Å². The first-order valence-electron chi connectivity index (χ1n) is 9.31. The van der Waals surface area contributed by atoms with E-state index in [9.17, 15) is 0 Å². The van der Waals surface area contributed by atoms with Crippen molar-refractivity contribution in [2.24, 2.45) is 0 Å². The Morgan fingerprint density at radius 3 is 1.88 bits per heavy atom. The molecule has 1 aliphatic rings. The van der Waals surface area contributed by atoms with Gasteiger partial charge in [-0.15, -0.1) is 0 Å². The summed E-state index contributed by atoms with van der Waals surface area (Å²) >= 11 is 0. The third-order valence-corrected chi connectivity index (χ3v) is 4.95. The minimum absolute atomic E-state index is 0.853. The van der Waals surface area contributed by atoms with Crippen LogP contribution < -0.4 is 15.1 Å². The van der Waals surface area contributed by atoms with Crippen LogP contribution in [0.4, 0.5) is 17.1 Å². The van der Waals surface area contributed by atoms with Crippen LogP contribution in [0.5, 0.6) is 0 Å². The highest BCUT2D eigenvalue weighted by Gasteiger charge is 2.17. The summed E-state index contributed by atoms with van der Waals surface area (Å²) < 4.78 is 0. The van der Waals surface area contributed by atoms with Gasteiger partial charge in [-0.3, -0.25) is 0 Å². The van der Waals surface area contributed by atoms with Crippen LogP contribution in [-0.2, 0) is 6.54 Å². The fourth-order valence-electron chi connectivity index (χ4n) is 3.47. The molecule has 0 saturated carbocycles. The SMILES string of the molecule is c1ccc(CNc2cccc(N3CCN(c4ccccc4)CC3)c2)cc1. The summed E-state index contributed by atoms with van der Waals surface area (Å²) in [4.78, 5) is 4.95. The Labute approximate surface area is 155 Å². The lowest BCUT2D eigenvalue weighted by atomic mass is 10.2. The lowest BCUT2D eigenvalue weighted by Crippen LogP contribution is -2.46. The van der Waals surface area contributed by atoms with Crippen LogP contribution in [0.3, 0.4) is 0 Å². The Bertz CT molecular complexity index is 809. The van der Waals surface area contributed by atoms with Crippen LogP contribution in [0.2, 0.25) is 0 Å². The molecule has 1 fully saturated rings. The highest BCUT2D eigenvalue weighted by Crippen LogP contribution is 2.23. The molecule has 1 N–H and O–H groups in total. The van der Waals surface area contributed by atoms with Gasteiger partial charge in [0.2, 0.25) is 0 Å². The smallest absolute Gasteiger partial charge is 0.0400 e. The molecule has 3 aromatic rings. The van der Waals surface area contributed by atoms with Gasteiger partial charge in [-0.05, 0) is 35.9 Å². The van der Waals surface area contributed by atoms with Gasteiger partial charge in [-0.1, -0.05) is 54.6 Å². The van der Waals surface area contributed by atoms with Crippen LogP contribution in [0.25, 0.3) is 0 Å². The van der Waals surface area contributed by atoms with Crippen molar-refractivity contribution in [2.45, 2.75) is 6.54 Å². The summed E-state index contributed by atoms with van der Waals surface area (Å²) in [6.07, 6.45) is 0. The number of nitrogens with one attached hydrogen (secondary N) is 1. The van der Waals surface area contributed by atoms with Crippen molar-refractivity contribution in [3.63, 3.8) is 0 Å². The molecule has 3 heteroatoms. The predicted molar refractivity (Wildman–Crippen MR) is 111 cm³/mol. The number of rotatable bonds is 5. The molecule has 1 aliphatic heterocycles. The van der Waals surface area contributed by atoms with Gasteiger partial charge in [0.25, 0.3) is 0 Å². The molecule has 132 valence electrons. The molecular weight excluding hydrogens is 318 g/mol. The van der Waals surface area contributed by atoms with Gasteiger partial charge in [-0.25, -0.2) is 0 Å². The van der Waals surface area contributed by atoms with Crippen molar-refractivity contribution in [3.8, 4) is 0 Å². The van der Waals surface area contributed by atoms with Crippen LogP contribution >= 0.6 is 0 Å².